The summed E-state index contributed by atoms with van der Waals surface area (Å²) in [6.07, 6.45) is 22.6. The Labute approximate surface area is 723 Å². The van der Waals surface area contributed by atoms with Crippen LogP contribution in [0.5, 0.6) is 0 Å². The van der Waals surface area contributed by atoms with Gasteiger partial charge in [-0.15, -0.1) is 68.8 Å². The van der Waals surface area contributed by atoms with Crippen molar-refractivity contribution in [1.29, 1.82) is 0 Å². The Kier molecular flexibility index (Phi) is 72.3. The molecule has 0 N–H and O–H groups in total. The largest absolute Gasteiger partial charge is 2.00 e. The van der Waals surface area contributed by atoms with Crippen LogP contribution < -0.4 is 0 Å². The van der Waals surface area contributed by atoms with E-state index in [2.05, 4.69) is 218 Å². The number of halogens is 7. The molecule has 575 valence electrons. The fourth-order valence-corrected chi connectivity index (χ4v) is 12.3. The number of carbonyl (C=O) groups is 2. The average molecular weight is 1900 g/mol. The number of aryl methyl sites for hydroxylation is 4. The number of thiazole rings is 3. The van der Waals surface area contributed by atoms with Crippen molar-refractivity contribution in [1.82, 2.24) is 15.0 Å². The predicted octanol–water partition coefficient (Wildman–Crippen LogP) is 31.7. The molecule has 2 aliphatic carbocycles. The maximum absolute atomic E-state index is 11.2. The minimum Gasteiger partial charge on any atom is -0.697 e. The number of benzene rings is 8. The van der Waals surface area contributed by atoms with Crippen molar-refractivity contribution in [2.75, 3.05) is 27.4 Å². The van der Waals surface area contributed by atoms with Crippen LogP contribution >= 0.6 is 136 Å². The molecule has 3 aromatic heterocycles. The first-order valence-electron chi connectivity index (χ1n) is 36.7. The Morgan fingerprint density at radius 3 is 0.869 bits per heavy atom. The molecule has 1 radical (unpaired) electrons. The van der Waals surface area contributed by atoms with Gasteiger partial charge in [0, 0.05) is 111 Å². The van der Waals surface area contributed by atoms with Crippen LogP contribution in [0.4, 0.5) is 0 Å². The van der Waals surface area contributed by atoms with E-state index in [1.165, 1.54) is 88.6 Å². The summed E-state index contributed by atoms with van der Waals surface area (Å²) in [4.78, 5) is 36.3. The molecule has 13 rings (SSSR count). The Balaban J connectivity index is -0.00000119. The van der Waals surface area contributed by atoms with Crippen LogP contribution in [0.15, 0.2) is 228 Å². The molecule has 0 spiro atoms. The van der Waals surface area contributed by atoms with Gasteiger partial charge in [-0.25, -0.2) is 15.0 Å². The first-order chi connectivity index (χ1) is 52.1. The third-order valence-electron chi connectivity index (χ3n) is 13.6. The van der Waals surface area contributed by atoms with Crippen molar-refractivity contribution in [3.63, 3.8) is 0 Å². The summed E-state index contributed by atoms with van der Waals surface area (Å²) >= 11 is 33.0. The van der Waals surface area contributed by atoms with Gasteiger partial charge in [-0.05, 0) is 54.9 Å². The molecule has 3 heterocycles. The molecule has 107 heavy (non-hydrogen) atoms. The fraction of sp³-hybridized carbons (Fsp3) is 0.319. The number of alkyl halides is 5. The second kappa shape index (κ2) is 72.7. The molecular formula is C91H112Br3Cl3IN3O2S3V. The topological polar surface area (TPSA) is 72.8 Å². The predicted molar refractivity (Wildman–Crippen MR) is 497 cm³/mol. The van der Waals surface area contributed by atoms with Gasteiger partial charge in [-0.1, -0.05) is 378 Å². The van der Waals surface area contributed by atoms with Gasteiger partial charge < -0.3 is 19.8 Å². The number of nitrogens with zero attached hydrogens (tertiary/aromatic N) is 3. The number of hydrogen-bond acceptors (Lipinski definition) is 8. The molecule has 0 bridgehead atoms. The van der Waals surface area contributed by atoms with E-state index < -0.39 is 0 Å². The van der Waals surface area contributed by atoms with E-state index in [0.717, 1.165) is 90.9 Å². The van der Waals surface area contributed by atoms with Crippen LogP contribution in [0.3, 0.4) is 0 Å². The van der Waals surface area contributed by atoms with Crippen molar-refractivity contribution in [3.8, 4) is 71.9 Å². The van der Waals surface area contributed by atoms with Crippen LogP contribution in [-0.2, 0) is 50.7 Å². The number of carbonyl (C=O) groups excluding carboxylic acids is 2. The molecule has 2 aliphatic rings. The molecule has 16 heteroatoms. The number of hydrogen-bond donors (Lipinski definition) is 0. The van der Waals surface area contributed by atoms with Gasteiger partial charge in [0.1, 0.15) is 15.0 Å². The molecule has 0 saturated heterocycles. The summed E-state index contributed by atoms with van der Waals surface area (Å²) in [7, 11) is 0. The van der Waals surface area contributed by atoms with Gasteiger partial charge in [0.15, 0.2) is 11.6 Å². The van der Waals surface area contributed by atoms with Crippen LogP contribution in [-0.4, -0.2) is 53.9 Å². The summed E-state index contributed by atoms with van der Waals surface area (Å²) in [6, 6.07) is 71.7. The van der Waals surface area contributed by atoms with Gasteiger partial charge in [0.25, 0.3) is 0 Å². The molecule has 0 atom stereocenters. The van der Waals surface area contributed by atoms with Crippen molar-refractivity contribution in [3.05, 3.63) is 281 Å². The monoisotopic (exact) mass is 1890 g/mol. The van der Waals surface area contributed by atoms with Gasteiger partial charge in [0.05, 0.1) is 22.4 Å². The number of rotatable bonds is 18. The first kappa shape index (κ1) is 106. The fourth-order valence-electron chi connectivity index (χ4n) is 8.16. The second-order valence-corrected chi connectivity index (χ2v) is 26.3. The molecule has 2 fully saturated rings. The van der Waals surface area contributed by atoms with Gasteiger partial charge in [-0.2, -0.15) is 6.42 Å². The van der Waals surface area contributed by atoms with E-state index in [1.807, 2.05) is 174 Å². The van der Waals surface area contributed by atoms with E-state index in [9.17, 15) is 9.59 Å². The summed E-state index contributed by atoms with van der Waals surface area (Å²) < 4.78 is 1.16. The quantitative estimate of drug-likeness (QED) is 0.0281. The first-order valence-corrected chi connectivity index (χ1v) is 47.3. The van der Waals surface area contributed by atoms with E-state index in [1.54, 1.807) is 40.9 Å². The number of Topliss-reactive ketones (excluding diaryl/α,β-unsaturated/α-hetero) is 2. The van der Waals surface area contributed by atoms with Crippen LogP contribution in [0.2, 0.25) is 0 Å². The Morgan fingerprint density at radius 1 is 0.402 bits per heavy atom. The van der Waals surface area contributed by atoms with Crippen molar-refractivity contribution >= 4 is 147 Å². The summed E-state index contributed by atoms with van der Waals surface area (Å²) in [5.74, 6) is 2.11. The summed E-state index contributed by atoms with van der Waals surface area (Å²) in [6.45, 7) is 29.5. The van der Waals surface area contributed by atoms with E-state index in [0.29, 0.717) is 23.0 Å². The minimum absolute atomic E-state index is 0. The number of ketones is 2. The molecule has 0 aliphatic heterocycles. The molecule has 8 aromatic carbocycles. The Hall–Kier alpha value is -4.83. The van der Waals surface area contributed by atoms with Crippen LogP contribution in [0.25, 0.3) is 65.5 Å². The van der Waals surface area contributed by atoms with E-state index >= 15 is 0 Å². The molecule has 2 saturated carbocycles. The smallest absolute Gasteiger partial charge is 0.697 e. The third-order valence-corrected chi connectivity index (χ3v) is 17.9. The second-order valence-electron chi connectivity index (χ2n) is 20.9. The van der Waals surface area contributed by atoms with Gasteiger partial charge >= 0.3 is 18.6 Å². The molecule has 0 unspecified atom stereocenters. The number of terminal acetylenes is 1. The van der Waals surface area contributed by atoms with E-state index in [-0.39, 0.29) is 30.1 Å². The van der Waals surface area contributed by atoms with Crippen LogP contribution in [0, 0.1) is 19.8 Å². The zero-order valence-corrected chi connectivity index (χ0v) is 78.0. The maximum Gasteiger partial charge on any atom is 2.00 e. The van der Waals surface area contributed by atoms with Crippen molar-refractivity contribution in [2.45, 2.75) is 161 Å². The van der Waals surface area contributed by atoms with Crippen LogP contribution in [0.1, 0.15) is 177 Å². The molecule has 11 aromatic rings. The maximum atomic E-state index is 11.2. The zero-order chi connectivity index (χ0) is 79.6. The van der Waals surface area contributed by atoms with Gasteiger partial charge in [0.2, 0.25) is 0 Å². The molecule has 5 nitrogen and oxygen atoms in total. The Morgan fingerprint density at radius 2 is 0.645 bits per heavy atom. The third kappa shape index (κ3) is 46.6. The number of aromatic nitrogens is 3. The average Bonchev–Trinajstić information content (AvgIpc) is 1.72. The van der Waals surface area contributed by atoms with Crippen molar-refractivity contribution < 1.29 is 28.1 Å². The molecule has 0 amide bonds. The zero-order valence-electron chi connectivity index (χ0n) is 65.0. The normalized spacial score (nSPS) is 9.93. The van der Waals surface area contributed by atoms with E-state index in [4.69, 9.17) is 56.2 Å². The summed E-state index contributed by atoms with van der Waals surface area (Å²) in [5, 5.41) is 9.94. The minimum atomic E-state index is 0. The standard InChI is InChI=1S/C17H14ClNS.C17H14INS.C17H14NS.C10H10BrClO.C10H11ClO.2C3H6.6C2H6.C2H.Br2.V/c2*18-11-10-13-6-8-14(9-7-13)16-12-20-17(19-16)15-4-2-1-3-5-15;1-2-13-8-10-14(11-9-13)16-12-19-17(18-16)15-6-4-3-5-7-15;11-7-10(13)9-3-1-8(2-4-9)5-6-12;1-8(12)10-4-2-9(3-5-10)6-7-11;2*1-2-3-1;8*1-2;/h2*1-9,12H,10-11H2;3-12H,1-2H2;1-4H,5-7H2;2-5H,6-7H2,1H3;2*1-3H2;6*1-2H3;1H;;/q;;-1;;;;;;;;;;;-1;;+2. The molecular weight excluding hydrogens is 1790 g/mol. The Bertz CT molecular complexity index is 3710. The summed E-state index contributed by atoms with van der Waals surface area (Å²) in [5.41, 5.74) is 17.9. The van der Waals surface area contributed by atoms with Crippen molar-refractivity contribution in [2.24, 2.45) is 0 Å². The SMILES string of the molecule is BrBr.C1CC1.C1CC1.CC.CC.CC.CC.CC.CC.CC(=O)c1ccc(CCCl)cc1.ClCCc1ccc(-c2csc(-c3ccccc3)n2)cc1.ICCc1ccc(-c2csc(-c3ccccc3)n2)cc1.O=C(CBr)c1ccc(CCCl)cc1.[C-]#C.[CH2-]Cc1ccc(-c2csc(-c3ccccc3)n2)cc1.[V+2]. The van der Waals surface area contributed by atoms with Gasteiger partial charge in [-0.3, -0.25) is 9.59 Å².